The summed E-state index contributed by atoms with van der Waals surface area (Å²) in [6.07, 6.45) is 0.627. The van der Waals surface area contributed by atoms with Crippen molar-refractivity contribution in [1.29, 1.82) is 0 Å². The Kier molecular flexibility index (Phi) is 26.5. The highest BCUT2D eigenvalue weighted by atomic mass is 35.5. The van der Waals surface area contributed by atoms with E-state index >= 15 is 0 Å². The van der Waals surface area contributed by atoms with Crippen LogP contribution in [0.15, 0.2) is 0 Å². The Morgan fingerprint density at radius 1 is 1.14 bits per heavy atom. The Balaban J connectivity index is -0.000000131. The van der Waals surface area contributed by atoms with Crippen molar-refractivity contribution in [2.45, 2.75) is 32.8 Å². The zero-order chi connectivity index (χ0) is 12.0. The molecule has 0 saturated carbocycles. The van der Waals surface area contributed by atoms with Gasteiger partial charge in [0.2, 0.25) is 0 Å². The first kappa shape index (κ1) is 19.7. The number of halogens is 1. The normalized spacial score (nSPS) is 10.9. The fraction of sp³-hybridized carbons (Fsp3) is 1.00. The summed E-state index contributed by atoms with van der Waals surface area (Å²) >= 11 is 5.02. The van der Waals surface area contributed by atoms with Gasteiger partial charge in [0.05, 0.1) is 0 Å². The van der Waals surface area contributed by atoms with Crippen LogP contribution in [-0.2, 0) is 4.74 Å². The van der Waals surface area contributed by atoms with E-state index in [0.29, 0.717) is 6.42 Å². The average Bonchev–Trinajstić information content (AvgIpc) is 2.06. The number of aliphatic hydroxyl groups excluding tert-OH is 1. The van der Waals surface area contributed by atoms with E-state index in [-0.39, 0.29) is 0 Å². The van der Waals surface area contributed by atoms with E-state index in [9.17, 15) is 0 Å². The maximum atomic E-state index is 8.13. The summed E-state index contributed by atoms with van der Waals surface area (Å²) in [5.74, 6) is 0. The fourth-order valence-corrected chi connectivity index (χ4v) is 0.204. The number of alkyl halides is 1. The minimum atomic E-state index is -0.644. The molecule has 0 aliphatic rings. The third kappa shape index (κ3) is 87.3. The van der Waals surface area contributed by atoms with E-state index < -0.39 is 5.56 Å². The molecule has 0 fully saturated rings. The van der Waals surface area contributed by atoms with Crippen molar-refractivity contribution in [2.75, 3.05) is 34.4 Å². The zero-order valence-corrected chi connectivity index (χ0v) is 11.1. The fourth-order valence-electron chi connectivity index (χ4n) is 0.204. The average molecular weight is 228 g/mol. The maximum Gasteiger partial charge on any atom is 0.127 e. The molecule has 0 rings (SSSR count). The van der Waals surface area contributed by atoms with Crippen LogP contribution in [-0.4, -0.2) is 49.9 Å². The molecule has 0 bridgehead atoms. The van der Waals surface area contributed by atoms with Gasteiger partial charge in [-0.1, -0.05) is 18.5 Å². The van der Waals surface area contributed by atoms with Gasteiger partial charge in [0.15, 0.2) is 0 Å². The molecule has 1 N–H and O–H groups in total. The van der Waals surface area contributed by atoms with Crippen molar-refractivity contribution in [1.82, 2.24) is 4.90 Å². The predicted octanol–water partition coefficient (Wildman–Crippen LogP) is 2.17. The van der Waals surface area contributed by atoms with Gasteiger partial charge in [-0.3, -0.25) is 0 Å². The molecule has 1 atom stereocenters. The highest BCUT2D eigenvalue weighted by Crippen LogP contribution is 1.91. The summed E-state index contributed by atoms with van der Waals surface area (Å²) in [5, 5.41) is 8.13. The molecule has 3 nitrogen and oxygen atoms in total. The lowest BCUT2D eigenvalue weighted by Gasteiger charge is -1.90. The molecule has 14 heavy (non-hydrogen) atoms. The third-order valence-corrected chi connectivity index (χ3v) is 1.05. The van der Waals surface area contributed by atoms with Crippen LogP contribution < -0.4 is 0 Å². The molecule has 0 heterocycles. The van der Waals surface area contributed by atoms with Crippen LogP contribution in [0, 0.1) is 0 Å². The second-order valence-corrected chi connectivity index (χ2v) is 3.47. The molecule has 0 spiro atoms. The van der Waals surface area contributed by atoms with Crippen LogP contribution in [0.4, 0.5) is 0 Å². The van der Waals surface area contributed by atoms with Crippen LogP contribution in [0.25, 0.3) is 0 Å². The highest BCUT2D eigenvalue weighted by Gasteiger charge is 1.85. The smallest absolute Gasteiger partial charge is 0.127 e. The molecule has 4 heteroatoms. The van der Waals surface area contributed by atoms with Gasteiger partial charge in [-0.15, -0.1) is 0 Å². The van der Waals surface area contributed by atoms with Gasteiger partial charge in [0, 0.05) is 13.2 Å². The van der Waals surface area contributed by atoms with Crippen molar-refractivity contribution in [3.05, 3.63) is 0 Å². The minimum absolute atomic E-state index is 0.627. The van der Waals surface area contributed by atoms with E-state index in [0.717, 1.165) is 13.2 Å². The van der Waals surface area contributed by atoms with Gasteiger partial charge in [-0.25, -0.2) is 0 Å². The standard InChI is InChI=1S/C4H10O.C3H7ClO.C3H9N/c1-3-5-4-2;1-2-3(4)5;1-4(2)3/h3-4H2,1-2H3;3,5H,2H2,1H3;1-3H3. The molecule has 0 aromatic rings. The molecular weight excluding hydrogens is 202 g/mol. The Hall–Kier alpha value is 0.170. The Morgan fingerprint density at radius 2 is 1.36 bits per heavy atom. The van der Waals surface area contributed by atoms with Crippen LogP contribution in [0.1, 0.15) is 27.2 Å². The molecule has 0 amide bonds. The van der Waals surface area contributed by atoms with E-state index in [2.05, 4.69) is 0 Å². The first-order valence-electron chi connectivity index (χ1n) is 4.92. The minimum Gasteiger partial charge on any atom is -0.382 e. The number of aliphatic hydroxyl groups is 1. The highest BCUT2D eigenvalue weighted by molar-refractivity contribution is 6.19. The van der Waals surface area contributed by atoms with E-state index in [1.165, 1.54) is 0 Å². The second-order valence-electron chi connectivity index (χ2n) is 2.97. The molecular formula is C10H26ClNO2. The molecule has 0 aliphatic carbocycles. The maximum absolute atomic E-state index is 8.13. The van der Waals surface area contributed by atoms with Crippen molar-refractivity contribution in [2.24, 2.45) is 0 Å². The largest absolute Gasteiger partial charge is 0.382 e. The molecule has 0 aliphatic heterocycles. The number of hydrogen-bond donors (Lipinski definition) is 1. The number of nitrogens with zero attached hydrogens (tertiary/aromatic N) is 1. The lowest BCUT2D eigenvalue weighted by molar-refractivity contribution is 0.162. The van der Waals surface area contributed by atoms with Crippen LogP contribution >= 0.6 is 11.6 Å². The Bertz CT molecular complexity index is 75.8. The van der Waals surface area contributed by atoms with Crippen LogP contribution in [0.5, 0.6) is 0 Å². The zero-order valence-electron chi connectivity index (χ0n) is 10.4. The summed E-state index contributed by atoms with van der Waals surface area (Å²) < 4.78 is 4.83. The van der Waals surface area contributed by atoms with Gasteiger partial charge in [-0.2, -0.15) is 0 Å². The molecule has 90 valence electrons. The van der Waals surface area contributed by atoms with E-state index in [4.69, 9.17) is 21.4 Å². The molecule has 0 radical (unpaired) electrons. The van der Waals surface area contributed by atoms with Gasteiger partial charge < -0.3 is 14.7 Å². The van der Waals surface area contributed by atoms with E-state index in [1.807, 2.05) is 46.8 Å². The SMILES string of the molecule is CCC(O)Cl.CCOCC.CN(C)C. The number of rotatable bonds is 3. The summed E-state index contributed by atoms with van der Waals surface area (Å²) in [5.41, 5.74) is -0.644. The Morgan fingerprint density at radius 3 is 1.36 bits per heavy atom. The first-order valence-corrected chi connectivity index (χ1v) is 5.36. The number of ether oxygens (including phenoxy) is 1. The van der Waals surface area contributed by atoms with Crippen LogP contribution in [0.3, 0.4) is 0 Å². The topological polar surface area (TPSA) is 32.7 Å². The molecule has 0 aromatic heterocycles. The Labute approximate surface area is 94.0 Å². The van der Waals surface area contributed by atoms with Crippen LogP contribution in [0.2, 0.25) is 0 Å². The first-order chi connectivity index (χ1) is 6.42. The van der Waals surface area contributed by atoms with Crippen molar-refractivity contribution < 1.29 is 9.84 Å². The molecule has 0 saturated heterocycles. The number of hydrogen-bond acceptors (Lipinski definition) is 3. The lowest BCUT2D eigenvalue weighted by atomic mass is 10.5. The van der Waals surface area contributed by atoms with Gasteiger partial charge in [0.1, 0.15) is 5.56 Å². The molecule has 1 unspecified atom stereocenters. The summed E-state index contributed by atoms with van der Waals surface area (Å²) in [7, 11) is 6.00. The predicted molar refractivity (Wildman–Crippen MR) is 63.9 cm³/mol. The lowest BCUT2D eigenvalue weighted by Crippen LogP contribution is -1.99. The van der Waals surface area contributed by atoms with Crippen molar-refractivity contribution in [3.63, 3.8) is 0 Å². The molecule has 0 aromatic carbocycles. The summed E-state index contributed by atoms with van der Waals surface area (Å²) in [6.45, 7) is 7.48. The van der Waals surface area contributed by atoms with Gasteiger partial charge >= 0.3 is 0 Å². The van der Waals surface area contributed by atoms with Crippen molar-refractivity contribution >= 4 is 11.6 Å². The second kappa shape index (κ2) is 18.9. The summed E-state index contributed by atoms with van der Waals surface area (Å²) in [6, 6.07) is 0. The monoisotopic (exact) mass is 227 g/mol. The van der Waals surface area contributed by atoms with Gasteiger partial charge in [0.25, 0.3) is 0 Å². The summed E-state index contributed by atoms with van der Waals surface area (Å²) in [4.78, 5) is 2.00. The van der Waals surface area contributed by atoms with Crippen molar-refractivity contribution in [3.8, 4) is 0 Å². The van der Waals surface area contributed by atoms with E-state index in [1.54, 1.807) is 0 Å². The quantitative estimate of drug-likeness (QED) is 0.751. The third-order valence-electron chi connectivity index (χ3n) is 0.745. The van der Waals surface area contributed by atoms with Gasteiger partial charge in [-0.05, 0) is 41.4 Å².